The number of aromatic nitrogens is 4. The number of aryl methyl sites for hydroxylation is 2. The predicted molar refractivity (Wildman–Crippen MR) is 68.3 cm³/mol. The Morgan fingerprint density at radius 2 is 2.24 bits per heavy atom. The molecule has 0 saturated carbocycles. The molecule has 1 unspecified atom stereocenters. The Morgan fingerprint density at radius 1 is 1.47 bits per heavy atom. The van der Waals surface area contributed by atoms with Gasteiger partial charge in [0.1, 0.15) is 0 Å². The summed E-state index contributed by atoms with van der Waals surface area (Å²) in [5, 5.41) is 4.34. The molecule has 2 heterocycles. The second-order valence-corrected chi connectivity index (χ2v) is 4.70. The largest absolute Gasteiger partial charge is 0.322 e. The maximum atomic E-state index is 6.11. The average molecular weight is 296 g/mol. The van der Waals surface area contributed by atoms with E-state index in [1.54, 1.807) is 18.6 Å². The quantitative estimate of drug-likeness (QED) is 0.932. The summed E-state index contributed by atoms with van der Waals surface area (Å²) in [6.07, 6.45) is 5.66. The van der Waals surface area contributed by atoms with Gasteiger partial charge in [0.25, 0.3) is 0 Å². The molecule has 90 valence electrons. The van der Waals surface area contributed by atoms with E-state index < -0.39 is 0 Å². The summed E-state index contributed by atoms with van der Waals surface area (Å²) in [5.41, 5.74) is 8.94. The monoisotopic (exact) mass is 295 g/mol. The molecule has 0 aliphatic rings. The number of hydrogen-bond acceptors (Lipinski definition) is 4. The standard InChI is InChI=1S/C11H14BrN5/c1-7-11(12)10(17(2)16-7)5-8(13)9-6-14-3-4-15-9/h3-4,6,8H,5,13H2,1-2H3. The van der Waals surface area contributed by atoms with Crippen LogP contribution in [0.2, 0.25) is 0 Å². The molecule has 0 aliphatic carbocycles. The summed E-state index contributed by atoms with van der Waals surface area (Å²) in [6.45, 7) is 1.96. The van der Waals surface area contributed by atoms with Gasteiger partial charge in [0, 0.05) is 32.1 Å². The van der Waals surface area contributed by atoms with Crippen LogP contribution in [0.15, 0.2) is 23.1 Å². The maximum Gasteiger partial charge on any atom is 0.0757 e. The first-order valence-electron chi connectivity index (χ1n) is 5.29. The Kier molecular flexibility index (Phi) is 3.54. The highest BCUT2D eigenvalue weighted by Crippen LogP contribution is 2.24. The number of nitrogens with zero attached hydrogens (tertiary/aromatic N) is 4. The lowest BCUT2D eigenvalue weighted by Crippen LogP contribution is -2.17. The second kappa shape index (κ2) is 4.93. The fourth-order valence-electron chi connectivity index (χ4n) is 1.72. The van der Waals surface area contributed by atoms with Crippen LogP contribution in [0.5, 0.6) is 0 Å². The molecule has 0 radical (unpaired) electrons. The van der Waals surface area contributed by atoms with Gasteiger partial charge in [-0.05, 0) is 22.9 Å². The van der Waals surface area contributed by atoms with Crippen LogP contribution in [0.4, 0.5) is 0 Å². The molecule has 6 heteroatoms. The first-order valence-corrected chi connectivity index (χ1v) is 6.08. The lowest BCUT2D eigenvalue weighted by molar-refractivity contribution is 0.625. The Balaban J connectivity index is 2.22. The van der Waals surface area contributed by atoms with E-state index in [-0.39, 0.29) is 6.04 Å². The topological polar surface area (TPSA) is 69.6 Å². The van der Waals surface area contributed by atoms with E-state index in [4.69, 9.17) is 5.73 Å². The summed E-state index contributed by atoms with van der Waals surface area (Å²) >= 11 is 3.53. The molecule has 2 N–H and O–H groups in total. The molecule has 1 atom stereocenters. The minimum Gasteiger partial charge on any atom is -0.322 e. The lowest BCUT2D eigenvalue weighted by atomic mass is 10.1. The highest BCUT2D eigenvalue weighted by molar-refractivity contribution is 9.10. The Hall–Kier alpha value is -1.27. The third kappa shape index (κ3) is 2.53. The van der Waals surface area contributed by atoms with E-state index in [0.29, 0.717) is 6.42 Å². The molecule has 2 rings (SSSR count). The van der Waals surface area contributed by atoms with Crippen molar-refractivity contribution in [1.82, 2.24) is 19.7 Å². The van der Waals surface area contributed by atoms with Crippen molar-refractivity contribution in [3.05, 3.63) is 40.1 Å². The van der Waals surface area contributed by atoms with Crippen LogP contribution in [-0.2, 0) is 13.5 Å². The molecule has 2 aromatic rings. The van der Waals surface area contributed by atoms with Gasteiger partial charge >= 0.3 is 0 Å². The first-order chi connectivity index (χ1) is 8.09. The van der Waals surface area contributed by atoms with Crippen molar-refractivity contribution in [2.24, 2.45) is 12.8 Å². The van der Waals surface area contributed by atoms with Gasteiger partial charge in [-0.2, -0.15) is 5.10 Å². The Bertz CT molecular complexity index is 508. The molecule has 0 aliphatic heterocycles. The zero-order valence-electron chi connectivity index (χ0n) is 9.76. The van der Waals surface area contributed by atoms with Crippen molar-refractivity contribution in [2.75, 3.05) is 0 Å². The van der Waals surface area contributed by atoms with E-state index in [1.807, 2.05) is 18.7 Å². The molecule has 0 saturated heterocycles. The number of nitrogens with two attached hydrogens (primary N) is 1. The van der Waals surface area contributed by atoms with Crippen molar-refractivity contribution in [3.63, 3.8) is 0 Å². The second-order valence-electron chi connectivity index (χ2n) is 3.91. The SMILES string of the molecule is Cc1nn(C)c(CC(N)c2cnccn2)c1Br. The molecule has 0 bridgehead atoms. The highest BCUT2D eigenvalue weighted by Gasteiger charge is 2.16. The van der Waals surface area contributed by atoms with Crippen molar-refractivity contribution in [3.8, 4) is 0 Å². The van der Waals surface area contributed by atoms with Crippen LogP contribution >= 0.6 is 15.9 Å². The van der Waals surface area contributed by atoms with Gasteiger partial charge in [-0.1, -0.05) is 0 Å². The zero-order valence-corrected chi connectivity index (χ0v) is 11.3. The minimum atomic E-state index is -0.171. The van der Waals surface area contributed by atoms with Gasteiger partial charge in [-0.25, -0.2) is 0 Å². The van der Waals surface area contributed by atoms with Gasteiger partial charge in [0.05, 0.1) is 27.6 Å². The van der Waals surface area contributed by atoms with Gasteiger partial charge in [-0.3, -0.25) is 14.6 Å². The third-order valence-corrected chi connectivity index (χ3v) is 3.67. The smallest absolute Gasteiger partial charge is 0.0757 e. The van der Waals surface area contributed by atoms with Crippen LogP contribution in [0.1, 0.15) is 23.1 Å². The molecule has 5 nitrogen and oxygen atoms in total. The Morgan fingerprint density at radius 3 is 2.76 bits per heavy atom. The number of halogens is 1. The Labute approximate surface area is 108 Å². The van der Waals surface area contributed by atoms with Crippen molar-refractivity contribution in [2.45, 2.75) is 19.4 Å². The van der Waals surface area contributed by atoms with Crippen molar-refractivity contribution < 1.29 is 0 Å². The van der Waals surface area contributed by atoms with Gasteiger partial charge in [-0.15, -0.1) is 0 Å². The van der Waals surface area contributed by atoms with Crippen LogP contribution in [0, 0.1) is 6.92 Å². The third-order valence-electron chi connectivity index (χ3n) is 2.64. The normalized spacial score (nSPS) is 12.7. The lowest BCUT2D eigenvalue weighted by Gasteiger charge is -2.11. The number of rotatable bonds is 3. The maximum absolute atomic E-state index is 6.11. The van der Waals surface area contributed by atoms with Gasteiger partial charge in [0.2, 0.25) is 0 Å². The first kappa shape index (κ1) is 12.2. The molecular formula is C11H14BrN5. The minimum absolute atomic E-state index is 0.171. The van der Waals surface area contributed by atoms with E-state index in [1.165, 1.54) is 0 Å². The van der Waals surface area contributed by atoms with E-state index in [0.717, 1.165) is 21.6 Å². The summed E-state index contributed by atoms with van der Waals surface area (Å²) in [4.78, 5) is 8.23. The summed E-state index contributed by atoms with van der Waals surface area (Å²) in [7, 11) is 1.91. The van der Waals surface area contributed by atoms with E-state index >= 15 is 0 Å². The van der Waals surface area contributed by atoms with Crippen LogP contribution in [-0.4, -0.2) is 19.7 Å². The predicted octanol–water partition coefficient (Wildman–Crippen LogP) is 1.52. The van der Waals surface area contributed by atoms with Crippen LogP contribution in [0.3, 0.4) is 0 Å². The fourth-order valence-corrected chi connectivity index (χ4v) is 2.21. The van der Waals surface area contributed by atoms with Crippen LogP contribution in [0.25, 0.3) is 0 Å². The fraction of sp³-hybridized carbons (Fsp3) is 0.364. The molecule has 17 heavy (non-hydrogen) atoms. The van der Waals surface area contributed by atoms with E-state index in [2.05, 4.69) is 31.0 Å². The summed E-state index contributed by atoms with van der Waals surface area (Å²) < 4.78 is 2.86. The molecule has 2 aromatic heterocycles. The highest BCUT2D eigenvalue weighted by atomic mass is 79.9. The van der Waals surface area contributed by atoms with Gasteiger partial charge in [0.15, 0.2) is 0 Å². The molecule has 0 amide bonds. The summed E-state index contributed by atoms with van der Waals surface area (Å²) in [5.74, 6) is 0. The molecular weight excluding hydrogens is 282 g/mol. The average Bonchev–Trinajstić information content (AvgIpc) is 2.57. The van der Waals surface area contributed by atoms with Gasteiger partial charge < -0.3 is 5.73 Å². The molecule has 0 spiro atoms. The van der Waals surface area contributed by atoms with Crippen molar-refractivity contribution in [1.29, 1.82) is 0 Å². The van der Waals surface area contributed by atoms with Crippen LogP contribution < -0.4 is 5.73 Å². The summed E-state index contributed by atoms with van der Waals surface area (Å²) in [6, 6.07) is -0.171. The zero-order chi connectivity index (χ0) is 12.4. The molecule has 0 aromatic carbocycles. The van der Waals surface area contributed by atoms with E-state index in [9.17, 15) is 0 Å². The van der Waals surface area contributed by atoms with Crippen molar-refractivity contribution >= 4 is 15.9 Å². The number of hydrogen-bond donors (Lipinski definition) is 1. The molecule has 0 fully saturated rings.